The van der Waals surface area contributed by atoms with Crippen LogP contribution >= 0.6 is 0 Å². The summed E-state index contributed by atoms with van der Waals surface area (Å²) in [6.45, 7) is 4.40. The largest absolute Gasteiger partial charge is 0.423 e. The minimum absolute atomic E-state index is 0.213. The highest BCUT2D eigenvalue weighted by Crippen LogP contribution is 2.38. The summed E-state index contributed by atoms with van der Waals surface area (Å²) < 4.78 is 5.34. The third kappa shape index (κ3) is 8.57. The monoisotopic (exact) mass is 450 g/mol. The number of hydrogen-bond acceptors (Lipinski definition) is 4. The van der Waals surface area contributed by atoms with Gasteiger partial charge in [-0.05, 0) is 49.5 Å². The van der Waals surface area contributed by atoms with E-state index in [2.05, 4.69) is 48.1 Å². The van der Waals surface area contributed by atoms with Gasteiger partial charge in [-0.1, -0.05) is 89.5 Å². The average Bonchev–Trinajstić information content (AvgIpc) is 2.85. The van der Waals surface area contributed by atoms with Crippen LogP contribution in [0.4, 0.5) is 0 Å². The van der Waals surface area contributed by atoms with Crippen molar-refractivity contribution < 1.29 is 9.53 Å². The molecule has 0 radical (unpaired) electrons. The Morgan fingerprint density at radius 3 is 2.15 bits per heavy atom. The summed E-state index contributed by atoms with van der Waals surface area (Å²) in [5, 5.41) is 0. The predicted molar refractivity (Wildman–Crippen MR) is 135 cm³/mol. The molecular weight excluding hydrogens is 408 g/mol. The van der Waals surface area contributed by atoms with E-state index in [9.17, 15) is 4.79 Å². The maximum absolute atomic E-state index is 11.9. The van der Waals surface area contributed by atoms with Crippen LogP contribution < -0.4 is 4.74 Å². The highest BCUT2D eigenvalue weighted by Gasteiger charge is 2.22. The maximum Gasteiger partial charge on any atom is 0.311 e. The second kappa shape index (κ2) is 14.1. The van der Waals surface area contributed by atoms with Gasteiger partial charge in [0.05, 0.1) is 12.4 Å². The number of esters is 1. The van der Waals surface area contributed by atoms with Gasteiger partial charge in [0, 0.05) is 12.0 Å². The number of ether oxygens (including phenoxy) is 1. The second-order valence-electron chi connectivity index (χ2n) is 9.72. The Morgan fingerprint density at radius 2 is 1.48 bits per heavy atom. The molecule has 4 nitrogen and oxygen atoms in total. The van der Waals surface area contributed by atoms with Crippen LogP contribution in [0, 0.1) is 5.92 Å². The molecule has 0 amide bonds. The first-order valence-corrected chi connectivity index (χ1v) is 13.3. The van der Waals surface area contributed by atoms with E-state index in [1.807, 2.05) is 0 Å². The molecule has 3 rings (SSSR count). The Bertz CT molecular complexity index is 809. The van der Waals surface area contributed by atoms with Crippen molar-refractivity contribution >= 4 is 5.97 Å². The van der Waals surface area contributed by atoms with E-state index in [1.165, 1.54) is 69.8 Å². The number of hydrogen-bond donors (Lipinski definition) is 0. The average molecular weight is 451 g/mol. The molecule has 1 heterocycles. The Labute approximate surface area is 200 Å². The quantitative estimate of drug-likeness (QED) is 0.228. The zero-order valence-corrected chi connectivity index (χ0v) is 20.7. The lowest BCUT2D eigenvalue weighted by atomic mass is 9.77. The summed E-state index contributed by atoms with van der Waals surface area (Å²) >= 11 is 0. The minimum atomic E-state index is -0.213. The van der Waals surface area contributed by atoms with Gasteiger partial charge in [0.25, 0.3) is 0 Å². The van der Waals surface area contributed by atoms with E-state index in [1.54, 1.807) is 12.4 Å². The van der Waals surface area contributed by atoms with Gasteiger partial charge in [-0.3, -0.25) is 4.79 Å². The minimum Gasteiger partial charge on any atom is -0.423 e. The number of carbonyl (C=O) groups is 1. The van der Waals surface area contributed by atoms with Gasteiger partial charge < -0.3 is 4.74 Å². The van der Waals surface area contributed by atoms with Crippen molar-refractivity contribution in [1.29, 1.82) is 0 Å². The van der Waals surface area contributed by atoms with Crippen LogP contribution in [-0.2, 0) is 4.79 Å². The molecule has 4 heteroatoms. The van der Waals surface area contributed by atoms with Gasteiger partial charge in [-0.25, -0.2) is 9.97 Å². The highest BCUT2D eigenvalue weighted by molar-refractivity contribution is 5.72. The Balaban J connectivity index is 1.44. The smallest absolute Gasteiger partial charge is 0.311 e. The van der Waals surface area contributed by atoms with Crippen molar-refractivity contribution in [2.24, 2.45) is 5.92 Å². The molecule has 0 saturated heterocycles. The fourth-order valence-electron chi connectivity index (χ4n) is 4.95. The molecule has 1 aromatic heterocycles. The van der Waals surface area contributed by atoms with Crippen molar-refractivity contribution in [1.82, 2.24) is 9.97 Å². The van der Waals surface area contributed by atoms with Crippen LogP contribution in [0.5, 0.6) is 5.75 Å². The summed E-state index contributed by atoms with van der Waals surface area (Å²) in [5.41, 5.74) is 2.44. The molecule has 2 aromatic rings. The van der Waals surface area contributed by atoms with E-state index in [0.29, 0.717) is 23.9 Å². The Hall–Kier alpha value is -2.23. The Morgan fingerprint density at radius 1 is 0.848 bits per heavy atom. The van der Waals surface area contributed by atoms with Crippen molar-refractivity contribution in [2.45, 2.75) is 110 Å². The highest BCUT2D eigenvalue weighted by atomic mass is 16.5. The fraction of sp³-hybridized carbons (Fsp3) is 0.621. The predicted octanol–water partition coefficient (Wildman–Crippen LogP) is 8.26. The topological polar surface area (TPSA) is 52.1 Å². The number of unbranched alkanes of at least 4 members (excludes halogenated alkanes) is 6. The van der Waals surface area contributed by atoms with Gasteiger partial charge in [0.2, 0.25) is 0 Å². The van der Waals surface area contributed by atoms with Crippen LogP contribution in [0.1, 0.15) is 115 Å². The normalized spacial score (nSPS) is 18.2. The molecule has 180 valence electrons. The van der Waals surface area contributed by atoms with E-state index in [-0.39, 0.29) is 5.97 Å². The lowest BCUT2D eigenvalue weighted by Crippen LogP contribution is -2.13. The zero-order valence-electron chi connectivity index (χ0n) is 20.7. The lowest BCUT2D eigenvalue weighted by molar-refractivity contribution is -0.134. The maximum atomic E-state index is 11.9. The van der Waals surface area contributed by atoms with Gasteiger partial charge in [0.15, 0.2) is 11.6 Å². The van der Waals surface area contributed by atoms with E-state index in [0.717, 1.165) is 30.7 Å². The van der Waals surface area contributed by atoms with Crippen LogP contribution in [0.15, 0.2) is 36.7 Å². The second-order valence-corrected chi connectivity index (χ2v) is 9.72. The van der Waals surface area contributed by atoms with E-state index < -0.39 is 0 Å². The van der Waals surface area contributed by atoms with Crippen LogP contribution in [0.25, 0.3) is 11.4 Å². The van der Waals surface area contributed by atoms with Gasteiger partial charge in [-0.15, -0.1) is 0 Å². The first kappa shape index (κ1) is 25.4. The molecule has 0 aliphatic heterocycles. The Kier molecular flexibility index (Phi) is 10.9. The SMILES string of the molecule is CCCCCCC[C@H]1CC[C@H](c2ccc(-c3ncc(OC(=O)CCCCC)cn3)cc2)CC1. The third-order valence-corrected chi connectivity index (χ3v) is 7.05. The fourth-order valence-corrected chi connectivity index (χ4v) is 4.95. The van der Waals surface area contributed by atoms with Gasteiger partial charge in [0.1, 0.15) is 0 Å². The molecule has 0 N–H and O–H groups in total. The standard InChI is InChI=1S/C29H42N2O2/c1-3-5-7-8-10-11-23-13-15-24(16-14-23)25-17-19-26(20-18-25)29-30-21-27(22-31-29)33-28(32)12-9-6-4-2/h17-24H,3-16H2,1-2H3/t23-,24-. The molecule has 0 unspecified atom stereocenters. The molecular formula is C29H42N2O2. The zero-order chi connectivity index (χ0) is 23.3. The molecule has 1 aromatic carbocycles. The first-order valence-electron chi connectivity index (χ1n) is 13.3. The van der Waals surface area contributed by atoms with Crippen molar-refractivity contribution in [3.8, 4) is 17.1 Å². The van der Waals surface area contributed by atoms with Gasteiger partial charge in [-0.2, -0.15) is 0 Å². The van der Waals surface area contributed by atoms with Crippen LogP contribution in [0.3, 0.4) is 0 Å². The van der Waals surface area contributed by atoms with Crippen molar-refractivity contribution in [3.05, 3.63) is 42.2 Å². The molecule has 0 bridgehead atoms. The molecule has 1 aliphatic carbocycles. The van der Waals surface area contributed by atoms with Crippen molar-refractivity contribution in [2.75, 3.05) is 0 Å². The molecule has 33 heavy (non-hydrogen) atoms. The summed E-state index contributed by atoms with van der Waals surface area (Å²) in [5.74, 6) is 2.49. The number of rotatable bonds is 13. The summed E-state index contributed by atoms with van der Waals surface area (Å²) in [6, 6.07) is 8.74. The molecule has 1 aliphatic rings. The first-order chi connectivity index (χ1) is 16.2. The summed E-state index contributed by atoms with van der Waals surface area (Å²) in [4.78, 5) is 20.7. The number of aromatic nitrogens is 2. The molecule has 0 spiro atoms. The number of carbonyl (C=O) groups excluding carboxylic acids is 1. The summed E-state index contributed by atoms with van der Waals surface area (Å²) in [6.07, 6.45) is 20.4. The van der Waals surface area contributed by atoms with E-state index >= 15 is 0 Å². The number of benzene rings is 1. The molecule has 1 fully saturated rings. The molecule has 1 saturated carbocycles. The van der Waals surface area contributed by atoms with E-state index in [4.69, 9.17) is 4.74 Å². The molecule has 0 atom stereocenters. The third-order valence-electron chi connectivity index (χ3n) is 7.05. The van der Waals surface area contributed by atoms with Crippen LogP contribution in [-0.4, -0.2) is 15.9 Å². The van der Waals surface area contributed by atoms with Crippen LogP contribution in [0.2, 0.25) is 0 Å². The van der Waals surface area contributed by atoms with Gasteiger partial charge >= 0.3 is 5.97 Å². The number of nitrogens with zero attached hydrogens (tertiary/aromatic N) is 2. The summed E-state index contributed by atoms with van der Waals surface area (Å²) in [7, 11) is 0. The van der Waals surface area contributed by atoms with Crippen molar-refractivity contribution in [3.63, 3.8) is 0 Å². The lowest BCUT2D eigenvalue weighted by Gasteiger charge is -2.29.